The minimum absolute atomic E-state index is 0.146. The molecule has 0 fully saturated rings. The Hall–Kier alpha value is -2.12. The molecular formula is C16H15ClFNO4S. The predicted molar refractivity (Wildman–Crippen MR) is 89.1 cm³/mol. The van der Waals surface area contributed by atoms with Crippen LogP contribution in [0.15, 0.2) is 47.4 Å². The van der Waals surface area contributed by atoms with Gasteiger partial charge in [0, 0.05) is 5.02 Å². The van der Waals surface area contributed by atoms with Gasteiger partial charge < -0.3 is 4.74 Å². The van der Waals surface area contributed by atoms with Crippen LogP contribution in [0.5, 0.6) is 0 Å². The summed E-state index contributed by atoms with van der Waals surface area (Å²) in [5.41, 5.74) is 0.742. The molecule has 0 aliphatic carbocycles. The SMILES string of the molecule is COC(=O)CN(c1cccc(Cl)c1C)S(=O)(=O)c1ccc(F)cc1. The molecule has 0 amide bonds. The van der Waals surface area contributed by atoms with Crippen molar-refractivity contribution in [3.8, 4) is 0 Å². The summed E-state index contributed by atoms with van der Waals surface area (Å²) in [6.07, 6.45) is 0. The van der Waals surface area contributed by atoms with E-state index in [2.05, 4.69) is 4.74 Å². The number of rotatable bonds is 5. The first kappa shape index (κ1) is 18.2. The first-order valence-electron chi connectivity index (χ1n) is 6.87. The van der Waals surface area contributed by atoms with E-state index < -0.39 is 28.4 Å². The number of carbonyl (C=O) groups is 1. The largest absolute Gasteiger partial charge is 0.468 e. The van der Waals surface area contributed by atoms with Gasteiger partial charge in [-0.05, 0) is 48.9 Å². The molecule has 2 aromatic rings. The van der Waals surface area contributed by atoms with Crippen LogP contribution in [0, 0.1) is 12.7 Å². The number of carbonyl (C=O) groups excluding carboxylic acids is 1. The van der Waals surface area contributed by atoms with Crippen LogP contribution in [-0.4, -0.2) is 28.0 Å². The lowest BCUT2D eigenvalue weighted by molar-refractivity contribution is -0.138. The van der Waals surface area contributed by atoms with Crippen molar-refractivity contribution in [3.63, 3.8) is 0 Å². The zero-order chi connectivity index (χ0) is 17.9. The predicted octanol–water partition coefficient (Wildman–Crippen LogP) is 3.16. The van der Waals surface area contributed by atoms with Gasteiger partial charge in [0.15, 0.2) is 0 Å². The van der Waals surface area contributed by atoms with Crippen LogP contribution in [0.3, 0.4) is 0 Å². The van der Waals surface area contributed by atoms with Gasteiger partial charge >= 0.3 is 5.97 Å². The number of esters is 1. The Bertz CT molecular complexity index is 853. The number of hydrogen-bond acceptors (Lipinski definition) is 4. The maximum Gasteiger partial charge on any atom is 0.326 e. The zero-order valence-electron chi connectivity index (χ0n) is 13.0. The maximum atomic E-state index is 13.1. The number of halogens is 2. The highest BCUT2D eigenvalue weighted by Crippen LogP contribution is 2.30. The van der Waals surface area contributed by atoms with E-state index in [-0.39, 0.29) is 10.6 Å². The molecule has 0 saturated heterocycles. The Morgan fingerprint density at radius 2 is 1.83 bits per heavy atom. The highest BCUT2D eigenvalue weighted by atomic mass is 35.5. The molecule has 8 heteroatoms. The minimum Gasteiger partial charge on any atom is -0.468 e. The van der Waals surface area contributed by atoms with E-state index in [0.29, 0.717) is 10.6 Å². The Morgan fingerprint density at radius 3 is 2.42 bits per heavy atom. The molecule has 0 aliphatic heterocycles. The molecule has 0 atom stereocenters. The molecule has 0 saturated carbocycles. The third kappa shape index (κ3) is 3.68. The van der Waals surface area contributed by atoms with Gasteiger partial charge in [-0.1, -0.05) is 17.7 Å². The highest BCUT2D eigenvalue weighted by Gasteiger charge is 2.29. The van der Waals surface area contributed by atoms with Crippen LogP contribution in [0.4, 0.5) is 10.1 Å². The summed E-state index contributed by atoms with van der Waals surface area (Å²) in [7, 11) is -2.95. The summed E-state index contributed by atoms with van der Waals surface area (Å²) in [5, 5.41) is 0.358. The van der Waals surface area contributed by atoms with Crippen LogP contribution in [0.25, 0.3) is 0 Å². The molecule has 0 spiro atoms. The number of anilines is 1. The second kappa shape index (κ2) is 7.19. The van der Waals surface area contributed by atoms with Gasteiger partial charge in [0.25, 0.3) is 10.0 Å². The zero-order valence-corrected chi connectivity index (χ0v) is 14.6. The molecule has 0 aliphatic rings. The molecule has 0 unspecified atom stereocenters. The van der Waals surface area contributed by atoms with Crippen molar-refractivity contribution >= 4 is 33.3 Å². The third-order valence-corrected chi connectivity index (χ3v) is 5.59. The summed E-state index contributed by atoms with van der Waals surface area (Å²) in [6, 6.07) is 9.06. The van der Waals surface area contributed by atoms with Gasteiger partial charge in [-0.3, -0.25) is 9.10 Å². The van der Waals surface area contributed by atoms with Gasteiger partial charge in [-0.25, -0.2) is 12.8 Å². The standard InChI is InChI=1S/C16H15ClFNO4S/c1-11-14(17)4-3-5-15(11)19(10-16(20)23-2)24(21,22)13-8-6-12(18)7-9-13/h3-9H,10H2,1-2H3. The van der Waals surface area contributed by atoms with E-state index in [1.165, 1.54) is 6.07 Å². The van der Waals surface area contributed by atoms with Crippen LogP contribution in [0.1, 0.15) is 5.56 Å². The number of sulfonamides is 1. The second-order valence-electron chi connectivity index (χ2n) is 4.93. The van der Waals surface area contributed by atoms with Crippen molar-refractivity contribution in [2.45, 2.75) is 11.8 Å². The third-order valence-electron chi connectivity index (χ3n) is 3.41. The second-order valence-corrected chi connectivity index (χ2v) is 7.20. The number of hydrogen-bond donors (Lipinski definition) is 0. The van der Waals surface area contributed by atoms with E-state index >= 15 is 0 Å². The fraction of sp³-hybridized carbons (Fsp3) is 0.188. The van der Waals surface area contributed by atoms with Crippen LogP contribution in [0.2, 0.25) is 5.02 Å². The van der Waals surface area contributed by atoms with Crippen molar-refractivity contribution in [3.05, 3.63) is 58.9 Å². The molecule has 24 heavy (non-hydrogen) atoms. The summed E-state index contributed by atoms with van der Waals surface area (Å²) >= 11 is 6.06. The van der Waals surface area contributed by atoms with Crippen LogP contribution >= 0.6 is 11.6 Å². The monoisotopic (exact) mass is 371 g/mol. The highest BCUT2D eigenvalue weighted by molar-refractivity contribution is 7.92. The number of benzene rings is 2. The first-order valence-corrected chi connectivity index (χ1v) is 8.69. The lowest BCUT2D eigenvalue weighted by Crippen LogP contribution is -2.36. The quantitative estimate of drug-likeness (QED) is 0.757. The van der Waals surface area contributed by atoms with E-state index in [4.69, 9.17) is 11.6 Å². The Morgan fingerprint density at radius 1 is 1.21 bits per heavy atom. The van der Waals surface area contributed by atoms with E-state index in [0.717, 1.165) is 35.7 Å². The minimum atomic E-state index is -4.11. The van der Waals surface area contributed by atoms with Gasteiger partial charge in [0.05, 0.1) is 17.7 Å². The van der Waals surface area contributed by atoms with Crippen molar-refractivity contribution in [1.82, 2.24) is 0 Å². The average Bonchev–Trinajstić information content (AvgIpc) is 2.55. The average molecular weight is 372 g/mol. The molecule has 0 radical (unpaired) electrons. The maximum absolute atomic E-state index is 13.1. The Balaban J connectivity index is 2.59. The number of nitrogens with zero attached hydrogens (tertiary/aromatic N) is 1. The van der Waals surface area contributed by atoms with Crippen molar-refractivity contribution < 1.29 is 22.3 Å². The molecule has 2 aromatic carbocycles. The molecule has 0 N–H and O–H groups in total. The molecule has 0 bridgehead atoms. The topological polar surface area (TPSA) is 63.7 Å². The smallest absolute Gasteiger partial charge is 0.326 e. The summed E-state index contributed by atoms with van der Waals surface area (Å²) in [4.78, 5) is 11.6. The van der Waals surface area contributed by atoms with Gasteiger partial charge in [-0.2, -0.15) is 0 Å². The summed E-state index contributed by atoms with van der Waals surface area (Å²) in [6.45, 7) is 1.11. The number of ether oxygens (including phenoxy) is 1. The lowest BCUT2D eigenvalue weighted by atomic mass is 10.2. The lowest BCUT2D eigenvalue weighted by Gasteiger charge is -2.25. The summed E-state index contributed by atoms with van der Waals surface area (Å²) in [5.74, 6) is -1.30. The van der Waals surface area contributed by atoms with Crippen LogP contribution in [-0.2, 0) is 19.6 Å². The van der Waals surface area contributed by atoms with Crippen LogP contribution < -0.4 is 4.31 Å². The van der Waals surface area contributed by atoms with E-state index in [9.17, 15) is 17.6 Å². The van der Waals surface area contributed by atoms with E-state index in [1.807, 2.05) is 0 Å². The van der Waals surface area contributed by atoms with Gasteiger partial charge in [0.2, 0.25) is 0 Å². The fourth-order valence-corrected chi connectivity index (χ4v) is 3.72. The Labute approximate surface area is 144 Å². The molecule has 128 valence electrons. The van der Waals surface area contributed by atoms with Gasteiger partial charge in [-0.15, -0.1) is 0 Å². The van der Waals surface area contributed by atoms with Crippen molar-refractivity contribution in [2.24, 2.45) is 0 Å². The van der Waals surface area contributed by atoms with Crippen molar-refractivity contribution in [2.75, 3.05) is 18.0 Å². The van der Waals surface area contributed by atoms with Crippen molar-refractivity contribution in [1.29, 1.82) is 0 Å². The fourth-order valence-electron chi connectivity index (χ4n) is 2.08. The molecule has 2 rings (SSSR count). The van der Waals surface area contributed by atoms with Gasteiger partial charge in [0.1, 0.15) is 12.4 Å². The number of methoxy groups -OCH3 is 1. The molecular weight excluding hydrogens is 357 g/mol. The normalized spacial score (nSPS) is 11.2. The van der Waals surface area contributed by atoms with E-state index in [1.54, 1.807) is 19.1 Å². The Kier molecular flexibility index (Phi) is 5.46. The molecule has 0 aromatic heterocycles. The molecule has 5 nitrogen and oxygen atoms in total. The molecule has 0 heterocycles. The first-order chi connectivity index (χ1) is 11.3. The summed E-state index contributed by atoms with van der Waals surface area (Å²) < 4.78 is 44.4.